The molecule has 4 N–H and O–H groups in total. The van der Waals surface area contributed by atoms with Crippen molar-refractivity contribution >= 4 is 29.1 Å². The number of amidine groups is 1. The molecule has 3 rings (SSSR count). The molecule has 1 fully saturated rings. The van der Waals surface area contributed by atoms with Crippen LogP contribution in [0.4, 0.5) is 10.5 Å². The van der Waals surface area contributed by atoms with Gasteiger partial charge in [-0.25, -0.2) is 4.79 Å². The summed E-state index contributed by atoms with van der Waals surface area (Å²) in [5.74, 6) is 0.760. The predicted molar refractivity (Wildman–Crippen MR) is 97.8 cm³/mol. The number of rotatable bonds is 4. The van der Waals surface area contributed by atoms with Crippen LogP contribution in [0, 0.1) is 0 Å². The number of nitrogens with one attached hydrogen (secondary N) is 2. The Kier molecular flexibility index (Phi) is 5.54. The van der Waals surface area contributed by atoms with Gasteiger partial charge in [-0.2, -0.15) is 4.72 Å². The Morgan fingerprint density at radius 2 is 2.40 bits per heavy atom. The smallest absolute Gasteiger partial charge is 0.317 e. The number of carbonyl (C=O) groups is 1. The molecule has 0 aromatic heterocycles. The van der Waals surface area contributed by atoms with Crippen molar-refractivity contribution in [2.45, 2.75) is 32.2 Å². The van der Waals surface area contributed by atoms with Crippen molar-refractivity contribution in [3.8, 4) is 5.75 Å². The first-order chi connectivity index (χ1) is 12.1. The van der Waals surface area contributed by atoms with Gasteiger partial charge in [-0.15, -0.1) is 0 Å². The highest BCUT2D eigenvalue weighted by molar-refractivity contribution is 7.91. The summed E-state index contributed by atoms with van der Waals surface area (Å²) in [4.78, 5) is 14.1. The topological polar surface area (TPSA) is 115 Å². The molecule has 2 atom stereocenters. The molecule has 1 saturated heterocycles. The van der Waals surface area contributed by atoms with Gasteiger partial charge in [0.1, 0.15) is 12.4 Å². The van der Waals surface area contributed by atoms with E-state index in [0.29, 0.717) is 30.2 Å². The number of ether oxygens (including phenoxy) is 1. The van der Waals surface area contributed by atoms with E-state index in [4.69, 9.17) is 10.5 Å². The van der Waals surface area contributed by atoms with E-state index in [1.807, 2.05) is 11.8 Å². The van der Waals surface area contributed by atoms with Crippen LogP contribution in [0.25, 0.3) is 0 Å². The second-order valence-electron chi connectivity index (χ2n) is 6.00. The quantitative estimate of drug-likeness (QED) is 0.697. The minimum Gasteiger partial charge on any atom is -0.566 e. The first kappa shape index (κ1) is 17.7. The van der Waals surface area contributed by atoms with Crippen LogP contribution in [0.1, 0.15) is 31.7 Å². The molecule has 1 aromatic rings. The van der Waals surface area contributed by atoms with Gasteiger partial charge in [-0.05, 0) is 42.7 Å². The predicted octanol–water partition coefficient (Wildman–Crippen LogP) is 1.36. The lowest BCUT2D eigenvalue weighted by molar-refractivity contribution is 0.116. The third-order valence-corrected chi connectivity index (χ3v) is 5.07. The molecular formula is C16H23N5O3S. The van der Waals surface area contributed by atoms with Gasteiger partial charge in [0.2, 0.25) is 11.5 Å². The van der Waals surface area contributed by atoms with Gasteiger partial charge in [0.25, 0.3) is 0 Å². The Morgan fingerprint density at radius 3 is 3.20 bits per heavy atom. The number of urea groups is 1. The Balaban J connectivity index is 1.73. The van der Waals surface area contributed by atoms with Crippen molar-refractivity contribution in [1.82, 2.24) is 10.2 Å². The van der Waals surface area contributed by atoms with E-state index in [2.05, 4.69) is 14.4 Å². The zero-order valence-corrected chi connectivity index (χ0v) is 15.0. The lowest BCUT2D eigenvalue weighted by Gasteiger charge is -2.35. The molecule has 0 aliphatic carbocycles. The van der Waals surface area contributed by atoms with Crippen LogP contribution in [-0.4, -0.2) is 47.1 Å². The zero-order chi connectivity index (χ0) is 17.8. The monoisotopic (exact) mass is 365 g/mol. The Morgan fingerprint density at radius 1 is 1.56 bits per heavy atom. The number of nitrogens with two attached hydrogens (primary N) is 1. The fourth-order valence-electron chi connectivity index (χ4n) is 3.13. The van der Waals surface area contributed by atoms with E-state index >= 15 is 0 Å². The summed E-state index contributed by atoms with van der Waals surface area (Å²) < 4.78 is 24.2. The molecule has 0 saturated carbocycles. The molecule has 2 amide bonds. The Hall–Kier alpha value is -2.13. The maximum atomic E-state index is 12.2. The molecule has 25 heavy (non-hydrogen) atoms. The number of hydrogen-bond donors (Lipinski definition) is 3. The standard InChI is InChI=1S/C16H23N5O3S/c1-2-18-16(22)21-9-4-3-6-11(21)10-24-13-8-5-7-12-14(13)15(17)20-25(23)19-12/h5,7-8,11,19H,2-4,6,9-10H2,1H3,(H2,17,20)(H,18,22). The summed E-state index contributed by atoms with van der Waals surface area (Å²) >= 11 is -1.57. The largest absolute Gasteiger partial charge is 0.566 e. The number of hydrogen-bond acceptors (Lipinski definition) is 6. The molecule has 0 spiro atoms. The molecule has 0 radical (unpaired) electrons. The Labute approximate surface area is 150 Å². The normalized spacial score (nSPS) is 22.5. The molecule has 2 aliphatic heterocycles. The first-order valence-corrected chi connectivity index (χ1v) is 9.54. The van der Waals surface area contributed by atoms with Crippen LogP contribution < -0.4 is 20.5 Å². The SMILES string of the molecule is CCNC(=O)N1CCCCC1COc1cccc2c1C(N)=N[S+]([O-])N2. The maximum absolute atomic E-state index is 12.2. The number of likely N-dealkylation sites (tertiary alicyclic amines) is 1. The lowest BCUT2D eigenvalue weighted by atomic mass is 10.0. The summed E-state index contributed by atoms with van der Waals surface area (Å²) in [5, 5.41) is 2.85. The van der Waals surface area contributed by atoms with Gasteiger partial charge in [0, 0.05) is 13.1 Å². The molecule has 2 aliphatic rings. The number of anilines is 1. The van der Waals surface area contributed by atoms with E-state index in [-0.39, 0.29) is 17.9 Å². The van der Waals surface area contributed by atoms with Crippen molar-refractivity contribution in [2.75, 3.05) is 24.4 Å². The second kappa shape index (κ2) is 7.83. The highest BCUT2D eigenvalue weighted by Gasteiger charge is 2.29. The van der Waals surface area contributed by atoms with Gasteiger partial charge < -0.3 is 25.2 Å². The number of nitrogens with zero attached hydrogens (tertiary/aromatic N) is 2. The summed E-state index contributed by atoms with van der Waals surface area (Å²) in [5.41, 5.74) is 7.17. The van der Waals surface area contributed by atoms with E-state index in [1.165, 1.54) is 0 Å². The van der Waals surface area contributed by atoms with Gasteiger partial charge in [-0.1, -0.05) is 6.07 Å². The minimum atomic E-state index is -1.57. The highest BCUT2D eigenvalue weighted by Crippen LogP contribution is 2.31. The maximum Gasteiger partial charge on any atom is 0.317 e. The van der Waals surface area contributed by atoms with E-state index in [1.54, 1.807) is 18.2 Å². The molecular weight excluding hydrogens is 342 g/mol. The molecule has 2 heterocycles. The summed E-state index contributed by atoms with van der Waals surface area (Å²) in [7, 11) is 0. The number of fused-ring (bicyclic) bond motifs is 1. The van der Waals surface area contributed by atoms with E-state index < -0.39 is 11.5 Å². The van der Waals surface area contributed by atoms with Crippen molar-refractivity contribution in [3.05, 3.63) is 23.8 Å². The fraction of sp³-hybridized carbons (Fsp3) is 0.500. The number of benzene rings is 1. The van der Waals surface area contributed by atoms with Gasteiger partial charge in [0.15, 0.2) is 5.84 Å². The van der Waals surface area contributed by atoms with Crippen LogP contribution in [-0.2, 0) is 11.5 Å². The fourth-order valence-corrected chi connectivity index (χ4v) is 3.81. The van der Waals surface area contributed by atoms with Gasteiger partial charge in [0.05, 0.1) is 17.3 Å². The van der Waals surface area contributed by atoms with E-state index in [0.717, 1.165) is 25.8 Å². The van der Waals surface area contributed by atoms with Gasteiger partial charge >= 0.3 is 6.03 Å². The Bertz CT molecular complexity index is 669. The average molecular weight is 365 g/mol. The second-order valence-corrected chi connectivity index (χ2v) is 6.88. The van der Waals surface area contributed by atoms with Crippen molar-refractivity contribution < 1.29 is 14.1 Å². The van der Waals surface area contributed by atoms with Crippen LogP contribution in [0.15, 0.2) is 22.6 Å². The molecule has 8 nitrogen and oxygen atoms in total. The lowest BCUT2D eigenvalue weighted by Crippen LogP contribution is -2.50. The molecule has 9 heteroatoms. The van der Waals surface area contributed by atoms with Crippen molar-refractivity contribution in [3.63, 3.8) is 0 Å². The highest BCUT2D eigenvalue weighted by atomic mass is 32.2. The van der Waals surface area contributed by atoms with Crippen LogP contribution >= 0.6 is 0 Å². The number of piperidine rings is 1. The van der Waals surface area contributed by atoms with Crippen LogP contribution in [0.3, 0.4) is 0 Å². The van der Waals surface area contributed by atoms with E-state index in [9.17, 15) is 9.35 Å². The first-order valence-electron chi connectivity index (χ1n) is 8.43. The van der Waals surface area contributed by atoms with Crippen LogP contribution in [0.2, 0.25) is 0 Å². The third kappa shape index (κ3) is 3.93. The third-order valence-electron chi connectivity index (χ3n) is 4.31. The summed E-state index contributed by atoms with van der Waals surface area (Å²) in [6.45, 7) is 3.62. The molecule has 1 aromatic carbocycles. The molecule has 2 unspecified atom stereocenters. The minimum absolute atomic E-state index is 0.0139. The molecule has 0 bridgehead atoms. The summed E-state index contributed by atoms with van der Waals surface area (Å²) in [6.07, 6.45) is 2.97. The number of carbonyl (C=O) groups excluding carboxylic acids is 1. The van der Waals surface area contributed by atoms with Crippen LogP contribution in [0.5, 0.6) is 5.75 Å². The number of amides is 2. The van der Waals surface area contributed by atoms with Crippen molar-refractivity contribution in [1.29, 1.82) is 0 Å². The molecule has 136 valence electrons. The van der Waals surface area contributed by atoms with Gasteiger partial charge in [-0.3, -0.25) is 0 Å². The zero-order valence-electron chi connectivity index (χ0n) is 14.2. The summed E-state index contributed by atoms with van der Waals surface area (Å²) in [6, 6.07) is 5.35. The average Bonchev–Trinajstić information content (AvgIpc) is 2.60. The van der Waals surface area contributed by atoms with Crippen molar-refractivity contribution in [2.24, 2.45) is 10.1 Å².